The van der Waals surface area contributed by atoms with Crippen molar-refractivity contribution in [3.05, 3.63) is 57.9 Å². The molecular weight excluding hydrogens is 310 g/mol. The number of rotatable bonds is 4. The predicted octanol–water partition coefficient (Wildman–Crippen LogP) is 4.32. The van der Waals surface area contributed by atoms with Gasteiger partial charge in [-0.3, -0.25) is 4.79 Å². The van der Waals surface area contributed by atoms with E-state index >= 15 is 0 Å². The highest BCUT2D eigenvalue weighted by Crippen LogP contribution is 2.22. The van der Waals surface area contributed by atoms with Gasteiger partial charge in [-0.2, -0.15) is 5.26 Å². The van der Waals surface area contributed by atoms with Gasteiger partial charge in [0.1, 0.15) is 11.6 Å². The Kier molecular flexibility index (Phi) is 5.25. The fourth-order valence-electron chi connectivity index (χ4n) is 2.52. The second-order valence-corrected chi connectivity index (χ2v) is 5.58. The Hall–Kier alpha value is -2.51. The zero-order valence-corrected chi connectivity index (χ0v) is 14.1. The molecule has 0 bridgehead atoms. The summed E-state index contributed by atoms with van der Waals surface area (Å²) in [4.78, 5) is 12.3. The molecule has 0 spiro atoms. The summed E-state index contributed by atoms with van der Waals surface area (Å²) >= 11 is 6.02. The summed E-state index contributed by atoms with van der Waals surface area (Å²) in [7, 11) is 0. The van der Waals surface area contributed by atoms with Gasteiger partial charge in [-0.05, 0) is 50.6 Å². The Morgan fingerprint density at radius 1 is 1.39 bits per heavy atom. The normalized spacial score (nSPS) is 11.2. The number of nitrogens with one attached hydrogen (secondary N) is 1. The molecule has 0 aliphatic carbocycles. The molecule has 0 fully saturated rings. The molecule has 2 aromatic rings. The summed E-state index contributed by atoms with van der Waals surface area (Å²) in [5.41, 5.74) is 3.53. The fraction of sp³-hybridized carbons (Fsp3) is 0.222. The van der Waals surface area contributed by atoms with Gasteiger partial charge in [-0.25, -0.2) is 0 Å². The summed E-state index contributed by atoms with van der Waals surface area (Å²) in [6.07, 6.45) is 1.61. The third-order valence-corrected chi connectivity index (χ3v) is 4.05. The minimum absolute atomic E-state index is 0.0428. The first-order valence-electron chi connectivity index (χ1n) is 7.32. The molecule has 0 aliphatic heterocycles. The van der Waals surface area contributed by atoms with Crippen LogP contribution in [0.4, 0.5) is 5.69 Å². The first kappa shape index (κ1) is 16.9. The van der Waals surface area contributed by atoms with Crippen molar-refractivity contribution in [2.24, 2.45) is 0 Å². The van der Waals surface area contributed by atoms with E-state index in [9.17, 15) is 10.1 Å². The zero-order chi connectivity index (χ0) is 17.0. The van der Waals surface area contributed by atoms with Crippen molar-refractivity contribution in [1.82, 2.24) is 4.57 Å². The maximum absolute atomic E-state index is 12.3. The molecule has 23 heavy (non-hydrogen) atoms. The summed E-state index contributed by atoms with van der Waals surface area (Å²) in [5.74, 6) is -0.470. The van der Waals surface area contributed by atoms with Crippen molar-refractivity contribution in [2.45, 2.75) is 27.3 Å². The minimum Gasteiger partial charge on any atom is -0.349 e. The fourth-order valence-corrected chi connectivity index (χ4v) is 2.70. The summed E-state index contributed by atoms with van der Waals surface area (Å²) < 4.78 is 2.13. The highest BCUT2D eigenvalue weighted by Gasteiger charge is 2.13. The minimum atomic E-state index is -0.470. The van der Waals surface area contributed by atoms with Crippen LogP contribution in [0, 0.1) is 25.2 Å². The van der Waals surface area contributed by atoms with Crippen LogP contribution in [0.1, 0.15) is 23.9 Å². The van der Waals surface area contributed by atoms with Gasteiger partial charge in [0.05, 0.1) is 10.7 Å². The standard InChI is InChI=1S/C18H18ClN3O/c1-4-22-12(2)9-14(13(22)3)10-15(11-20)18(23)21-17-8-6-5-7-16(17)19/h5-10H,4H2,1-3H3,(H,21,23)/b15-10-. The summed E-state index contributed by atoms with van der Waals surface area (Å²) in [6.45, 7) is 6.88. The summed E-state index contributed by atoms with van der Waals surface area (Å²) in [6, 6.07) is 10.9. The molecule has 0 aliphatic rings. The highest BCUT2D eigenvalue weighted by molar-refractivity contribution is 6.34. The van der Waals surface area contributed by atoms with Crippen molar-refractivity contribution < 1.29 is 4.79 Å². The molecule has 0 atom stereocenters. The average Bonchev–Trinajstić information content (AvgIpc) is 2.80. The first-order chi connectivity index (χ1) is 11.0. The van der Waals surface area contributed by atoms with Gasteiger partial charge in [0.2, 0.25) is 0 Å². The number of nitrogens with zero attached hydrogens (tertiary/aromatic N) is 2. The van der Waals surface area contributed by atoms with Crippen LogP contribution in [-0.4, -0.2) is 10.5 Å². The van der Waals surface area contributed by atoms with Crippen LogP contribution in [0.15, 0.2) is 35.9 Å². The molecule has 1 aromatic carbocycles. The number of carbonyl (C=O) groups excluding carboxylic acids is 1. The number of carbonyl (C=O) groups is 1. The zero-order valence-electron chi connectivity index (χ0n) is 13.4. The number of para-hydroxylation sites is 1. The molecule has 5 heteroatoms. The third kappa shape index (κ3) is 3.64. The van der Waals surface area contributed by atoms with E-state index < -0.39 is 5.91 Å². The van der Waals surface area contributed by atoms with Gasteiger partial charge >= 0.3 is 0 Å². The smallest absolute Gasteiger partial charge is 0.266 e. The van der Waals surface area contributed by atoms with Crippen molar-refractivity contribution in [2.75, 3.05) is 5.32 Å². The number of amides is 1. The van der Waals surface area contributed by atoms with E-state index in [2.05, 4.69) is 16.8 Å². The van der Waals surface area contributed by atoms with Crippen molar-refractivity contribution in [3.8, 4) is 6.07 Å². The first-order valence-corrected chi connectivity index (χ1v) is 7.70. The topological polar surface area (TPSA) is 57.8 Å². The quantitative estimate of drug-likeness (QED) is 0.671. The molecule has 0 saturated heterocycles. The molecule has 1 heterocycles. The van der Waals surface area contributed by atoms with Crippen LogP contribution in [-0.2, 0) is 11.3 Å². The number of aryl methyl sites for hydroxylation is 1. The number of anilines is 1. The molecule has 1 N–H and O–H groups in total. The average molecular weight is 328 g/mol. The molecule has 118 valence electrons. The van der Waals surface area contributed by atoms with Gasteiger partial charge in [0.15, 0.2) is 0 Å². The van der Waals surface area contributed by atoms with Crippen LogP contribution in [0.3, 0.4) is 0 Å². The molecule has 1 aromatic heterocycles. The number of nitriles is 1. The second kappa shape index (κ2) is 7.17. The van der Waals surface area contributed by atoms with E-state index in [0.717, 1.165) is 23.5 Å². The number of hydrogen-bond acceptors (Lipinski definition) is 2. The predicted molar refractivity (Wildman–Crippen MR) is 93.3 cm³/mol. The largest absolute Gasteiger partial charge is 0.349 e. The number of hydrogen-bond donors (Lipinski definition) is 1. The SMILES string of the molecule is CCn1c(C)cc(/C=C(/C#N)C(=O)Nc2ccccc2Cl)c1C. The van der Waals surface area contributed by atoms with Gasteiger partial charge in [0.25, 0.3) is 5.91 Å². The maximum Gasteiger partial charge on any atom is 0.266 e. The molecular formula is C18H18ClN3O. The van der Waals surface area contributed by atoms with Crippen LogP contribution in [0.5, 0.6) is 0 Å². The van der Waals surface area contributed by atoms with E-state index in [0.29, 0.717) is 10.7 Å². The lowest BCUT2D eigenvalue weighted by Crippen LogP contribution is -2.13. The molecule has 0 saturated carbocycles. The lowest BCUT2D eigenvalue weighted by atomic mass is 10.1. The molecule has 2 rings (SSSR count). The molecule has 0 unspecified atom stereocenters. The van der Waals surface area contributed by atoms with Crippen LogP contribution >= 0.6 is 11.6 Å². The van der Waals surface area contributed by atoms with Gasteiger partial charge in [-0.15, -0.1) is 0 Å². The Balaban J connectivity index is 2.31. The molecule has 0 radical (unpaired) electrons. The monoisotopic (exact) mass is 327 g/mol. The van der Waals surface area contributed by atoms with Crippen molar-refractivity contribution in [3.63, 3.8) is 0 Å². The maximum atomic E-state index is 12.3. The molecule has 1 amide bonds. The highest BCUT2D eigenvalue weighted by atomic mass is 35.5. The van der Waals surface area contributed by atoms with Crippen molar-refractivity contribution in [1.29, 1.82) is 5.26 Å². The lowest BCUT2D eigenvalue weighted by Gasteiger charge is -2.06. The van der Waals surface area contributed by atoms with Gasteiger partial charge in [-0.1, -0.05) is 23.7 Å². The Labute approximate surface area is 141 Å². The van der Waals surface area contributed by atoms with E-state index in [1.165, 1.54) is 0 Å². The van der Waals surface area contributed by atoms with Gasteiger partial charge in [0, 0.05) is 17.9 Å². The Bertz CT molecular complexity index is 812. The summed E-state index contributed by atoms with van der Waals surface area (Å²) in [5, 5.41) is 12.4. The van der Waals surface area contributed by atoms with E-state index in [-0.39, 0.29) is 5.57 Å². The van der Waals surface area contributed by atoms with Crippen molar-refractivity contribution >= 4 is 29.3 Å². The molecule has 4 nitrogen and oxygen atoms in total. The second-order valence-electron chi connectivity index (χ2n) is 5.17. The van der Waals surface area contributed by atoms with Crippen LogP contribution < -0.4 is 5.32 Å². The Morgan fingerprint density at radius 3 is 2.65 bits per heavy atom. The van der Waals surface area contributed by atoms with Crippen LogP contribution in [0.25, 0.3) is 6.08 Å². The number of benzene rings is 1. The number of aromatic nitrogens is 1. The van der Waals surface area contributed by atoms with E-state index in [1.54, 1.807) is 30.3 Å². The lowest BCUT2D eigenvalue weighted by molar-refractivity contribution is -0.112. The third-order valence-electron chi connectivity index (χ3n) is 3.72. The van der Waals surface area contributed by atoms with Crippen LogP contribution in [0.2, 0.25) is 5.02 Å². The number of halogens is 1. The van der Waals surface area contributed by atoms with E-state index in [1.807, 2.05) is 26.0 Å². The Morgan fingerprint density at radius 2 is 2.09 bits per heavy atom. The van der Waals surface area contributed by atoms with E-state index in [4.69, 9.17) is 11.6 Å². The van der Waals surface area contributed by atoms with Gasteiger partial charge < -0.3 is 9.88 Å².